The maximum absolute atomic E-state index is 13.1. The van der Waals surface area contributed by atoms with Crippen LogP contribution in [0.3, 0.4) is 0 Å². The molecule has 1 saturated heterocycles. The molecule has 0 saturated carbocycles. The van der Waals surface area contributed by atoms with Crippen molar-refractivity contribution in [2.24, 2.45) is 0 Å². The Balaban J connectivity index is 1.76. The van der Waals surface area contributed by atoms with Crippen LogP contribution in [-0.4, -0.2) is 28.1 Å². The summed E-state index contributed by atoms with van der Waals surface area (Å²) in [6.07, 6.45) is 4.23. The van der Waals surface area contributed by atoms with Crippen molar-refractivity contribution in [3.05, 3.63) is 54.1 Å². The quantitative estimate of drug-likeness (QED) is 0.858. The number of nitrogens with zero attached hydrogens (tertiary/aromatic N) is 2. The van der Waals surface area contributed by atoms with Crippen molar-refractivity contribution >= 4 is 21.4 Å². The van der Waals surface area contributed by atoms with Crippen molar-refractivity contribution in [2.75, 3.05) is 28.8 Å². The van der Waals surface area contributed by atoms with Crippen molar-refractivity contribution in [1.82, 2.24) is 0 Å². The van der Waals surface area contributed by atoms with Crippen LogP contribution in [0, 0.1) is 0 Å². The zero-order valence-corrected chi connectivity index (χ0v) is 14.5. The highest BCUT2D eigenvalue weighted by Crippen LogP contribution is 2.35. The van der Waals surface area contributed by atoms with E-state index in [0.717, 1.165) is 42.9 Å². The van der Waals surface area contributed by atoms with Gasteiger partial charge in [0.15, 0.2) is 0 Å². The predicted molar refractivity (Wildman–Crippen MR) is 97.2 cm³/mol. The van der Waals surface area contributed by atoms with Crippen molar-refractivity contribution in [2.45, 2.75) is 30.6 Å². The predicted octanol–water partition coefficient (Wildman–Crippen LogP) is 3.43. The number of anilines is 2. The van der Waals surface area contributed by atoms with Gasteiger partial charge >= 0.3 is 0 Å². The van der Waals surface area contributed by atoms with Gasteiger partial charge in [0.1, 0.15) is 0 Å². The lowest BCUT2D eigenvalue weighted by atomic mass is 10.0. The number of rotatable bonds is 3. The van der Waals surface area contributed by atoms with E-state index < -0.39 is 10.0 Å². The minimum atomic E-state index is -3.50. The van der Waals surface area contributed by atoms with Crippen molar-refractivity contribution < 1.29 is 8.42 Å². The molecule has 0 spiro atoms. The molecule has 2 aromatic rings. The molecule has 5 heteroatoms. The topological polar surface area (TPSA) is 40.6 Å². The molecule has 0 unspecified atom stereocenters. The summed E-state index contributed by atoms with van der Waals surface area (Å²) < 4.78 is 27.8. The SMILES string of the molecule is O=S(=O)(c1ccccc1)N1CCCc2ccc(N3CCCC3)cc21. The number of hydrogen-bond donors (Lipinski definition) is 0. The molecule has 0 aliphatic carbocycles. The molecule has 2 heterocycles. The number of benzene rings is 2. The maximum atomic E-state index is 13.1. The van der Waals surface area contributed by atoms with Gasteiger partial charge in [0, 0.05) is 25.3 Å². The molecule has 0 N–H and O–H groups in total. The Hall–Kier alpha value is -2.01. The molecule has 0 aromatic heterocycles. The number of fused-ring (bicyclic) bond motifs is 1. The summed E-state index contributed by atoms with van der Waals surface area (Å²) in [4.78, 5) is 2.71. The van der Waals surface area contributed by atoms with Crippen molar-refractivity contribution in [1.29, 1.82) is 0 Å². The highest BCUT2D eigenvalue weighted by atomic mass is 32.2. The summed E-state index contributed by atoms with van der Waals surface area (Å²) in [6, 6.07) is 15.1. The average Bonchev–Trinajstić information content (AvgIpc) is 3.16. The summed E-state index contributed by atoms with van der Waals surface area (Å²) in [6.45, 7) is 2.67. The molecule has 24 heavy (non-hydrogen) atoms. The van der Waals surface area contributed by atoms with E-state index in [1.165, 1.54) is 12.8 Å². The van der Waals surface area contributed by atoms with E-state index in [2.05, 4.69) is 23.1 Å². The number of sulfonamides is 1. The van der Waals surface area contributed by atoms with E-state index in [-0.39, 0.29) is 0 Å². The van der Waals surface area contributed by atoms with E-state index in [9.17, 15) is 8.42 Å². The third-order valence-electron chi connectivity index (χ3n) is 4.95. The second-order valence-electron chi connectivity index (χ2n) is 6.50. The van der Waals surface area contributed by atoms with Gasteiger partial charge in [-0.15, -0.1) is 0 Å². The van der Waals surface area contributed by atoms with E-state index in [0.29, 0.717) is 11.4 Å². The van der Waals surface area contributed by atoms with E-state index >= 15 is 0 Å². The summed E-state index contributed by atoms with van der Waals surface area (Å²) in [5, 5.41) is 0. The summed E-state index contributed by atoms with van der Waals surface area (Å²) in [5.74, 6) is 0. The zero-order valence-electron chi connectivity index (χ0n) is 13.7. The third-order valence-corrected chi connectivity index (χ3v) is 6.77. The molecule has 126 valence electrons. The van der Waals surface area contributed by atoms with Gasteiger partial charge in [-0.05, 0) is 55.5 Å². The van der Waals surface area contributed by atoms with Gasteiger partial charge in [-0.3, -0.25) is 4.31 Å². The second kappa shape index (κ2) is 6.13. The van der Waals surface area contributed by atoms with Crippen molar-refractivity contribution in [3.8, 4) is 0 Å². The zero-order chi connectivity index (χ0) is 16.6. The standard InChI is InChI=1S/C19H22N2O2S/c22-24(23,18-8-2-1-3-9-18)21-14-6-7-16-10-11-17(15-19(16)21)20-12-4-5-13-20/h1-3,8-11,15H,4-7,12-14H2. The monoisotopic (exact) mass is 342 g/mol. The van der Waals surface area contributed by atoms with Crippen LogP contribution >= 0.6 is 0 Å². The Labute approximate surface area is 143 Å². The molecule has 0 bridgehead atoms. The average molecular weight is 342 g/mol. The molecule has 1 fully saturated rings. The van der Waals surface area contributed by atoms with Gasteiger partial charge in [0.2, 0.25) is 0 Å². The van der Waals surface area contributed by atoms with Crippen LogP contribution in [0.15, 0.2) is 53.4 Å². The molecule has 2 aliphatic heterocycles. The lowest BCUT2D eigenvalue weighted by molar-refractivity contribution is 0.586. The normalized spacial score (nSPS) is 17.8. The lowest BCUT2D eigenvalue weighted by Gasteiger charge is -2.32. The minimum absolute atomic E-state index is 0.365. The molecule has 0 radical (unpaired) electrons. The fraction of sp³-hybridized carbons (Fsp3) is 0.368. The van der Waals surface area contributed by atoms with Crippen LogP contribution in [-0.2, 0) is 16.4 Å². The molecule has 0 atom stereocenters. The van der Waals surface area contributed by atoms with Crippen molar-refractivity contribution in [3.63, 3.8) is 0 Å². The van der Waals surface area contributed by atoms with E-state index in [1.807, 2.05) is 6.07 Å². The first-order valence-electron chi connectivity index (χ1n) is 8.62. The molecule has 4 nitrogen and oxygen atoms in total. The molecular weight excluding hydrogens is 320 g/mol. The van der Waals surface area contributed by atoms with Gasteiger partial charge in [-0.2, -0.15) is 0 Å². The Morgan fingerprint density at radius 2 is 1.58 bits per heavy atom. The molecule has 2 aromatic carbocycles. The van der Waals surface area contributed by atoms with Gasteiger partial charge in [0.25, 0.3) is 10.0 Å². The first kappa shape index (κ1) is 15.5. The summed E-state index contributed by atoms with van der Waals surface area (Å²) >= 11 is 0. The smallest absolute Gasteiger partial charge is 0.264 e. The molecule has 4 rings (SSSR count). The van der Waals surface area contributed by atoms with Gasteiger partial charge in [-0.1, -0.05) is 24.3 Å². The Bertz CT molecular complexity index is 828. The first-order valence-corrected chi connectivity index (χ1v) is 10.1. The molecule has 0 amide bonds. The largest absolute Gasteiger partial charge is 0.371 e. The Morgan fingerprint density at radius 1 is 0.833 bits per heavy atom. The van der Waals surface area contributed by atoms with Crippen LogP contribution in [0.4, 0.5) is 11.4 Å². The van der Waals surface area contributed by atoms with E-state index in [4.69, 9.17) is 0 Å². The number of hydrogen-bond acceptors (Lipinski definition) is 3. The Kier molecular flexibility index (Phi) is 3.96. The molecular formula is C19H22N2O2S. The highest BCUT2D eigenvalue weighted by Gasteiger charge is 2.29. The lowest BCUT2D eigenvalue weighted by Crippen LogP contribution is -2.35. The van der Waals surface area contributed by atoms with Crippen LogP contribution in [0.25, 0.3) is 0 Å². The fourth-order valence-corrected chi connectivity index (χ4v) is 5.22. The maximum Gasteiger partial charge on any atom is 0.264 e. The first-order chi connectivity index (χ1) is 11.7. The summed E-state index contributed by atoms with van der Waals surface area (Å²) in [7, 11) is -3.50. The minimum Gasteiger partial charge on any atom is -0.371 e. The highest BCUT2D eigenvalue weighted by molar-refractivity contribution is 7.92. The Morgan fingerprint density at radius 3 is 2.33 bits per heavy atom. The van der Waals surface area contributed by atoms with Crippen LogP contribution in [0.2, 0.25) is 0 Å². The van der Waals surface area contributed by atoms with E-state index in [1.54, 1.807) is 28.6 Å². The molecule has 2 aliphatic rings. The van der Waals surface area contributed by atoms with Crippen LogP contribution < -0.4 is 9.21 Å². The van der Waals surface area contributed by atoms with Crippen LogP contribution in [0.1, 0.15) is 24.8 Å². The second-order valence-corrected chi connectivity index (χ2v) is 8.36. The summed E-state index contributed by atoms with van der Waals surface area (Å²) in [5.41, 5.74) is 3.12. The fourth-order valence-electron chi connectivity index (χ4n) is 3.67. The number of aryl methyl sites for hydroxylation is 1. The van der Waals surface area contributed by atoms with Crippen LogP contribution in [0.5, 0.6) is 0 Å². The van der Waals surface area contributed by atoms with Gasteiger partial charge in [-0.25, -0.2) is 8.42 Å². The third kappa shape index (κ3) is 2.67. The van der Waals surface area contributed by atoms with Gasteiger partial charge in [0.05, 0.1) is 10.6 Å². The van der Waals surface area contributed by atoms with Gasteiger partial charge < -0.3 is 4.90 Å².